The number of nitrogens with one attached hydrogen (secondary N) is 2. The smallest absolute Gasteiger partial charge is 0.319 e. The maximum Gasteiger partial charge on any atom is 0.319 e. The average Bonchev–Trinajstić information content (AvgIpc) is 2.62. The monoisotopic (exact) mass is 343 g/mol. The fraction of sp³-hybridized carbons (Fsp3) is 0.222. The Morgan fingerprint density at radius 1 is 1.20 bits per heavy atom. The van der Waals surface area contributed by atoms with Gasteiger partial charge in [-0.05, 0) is 37.3 Å². The van der Waals surface area contributed by atoms with Gasteiger partial charge in [0.2, 0.25) is 0 Å². The lowest BCUT2D eigenvalue weighted by atomic mass is 10.1. The SMILES string of the molecule is COc1ccc(C(C)NC(=O)Nc2ccc(F)cc2C#N)c(OC)c1. The third-order valence-electron chi connectivity index (χ3n) is 3.61. The molecule has 0 fully saturated rings. The normalized spacial score (nSPS) is 11.2. The number of carbonyl (C=O) groups is 1. The molecule has 0 saturated carbocycles. The van der Waals surface area contributed by atoms with Crippen molar-refractivity contribution < 1.29 is 18.7 Å². The number of hydrogen-bond acceptors (Lipinski definition) is 4. The van der Waals surface area contributed by atoms with E-state index in [0.717, 1.165) is 11.6 Å². The summed E-state index contributed by atoms with van der Waals surface area (Å²) >= 11 is 0. The Morgan fingerprint density at radius 2 is 1.96 bits per heavy atom. The van der Waals surface area contributed by atoms with Crippen LogP contribution in [-0.2, 0) is 0 Å². The van der Waals surface area contributed by atoms with Crippen LogP contribution in [-0.4, -0.2) is 20.3 Å². The van der Waals surface area contributed by atoms with Crippen LogP contribution in [0.3, 0.4) is 0 Å². The van der Waals surface area contributed by atoms with Gasteiger partial charge in [0.25, 0.3) is 0 Å². The molecular weight excluding hydrogens is 325 g/mol. The molecule has 2 N–H and O–H groups in total. The molecule has 2 rings (SSSR count). The van der Waals surface area contributed by atoms with Crippen molar-refractivity contribution in [3.05, 3.63) is 53.3 Å². The molecule has 7 heteroatoms. The van der Waals surface area contributed by atoms with Crippen LogP contribution in [0.15, 0.2) is 36.4 Å². The summed E-state index contributed by atoms with van der Waals surface area (Å²) in [7, 11) is 3.09. The molecule has 0 aliphatic carbocycles. The standard InChI is InChI=1S/C18H18FN3O3/c1-11(15-6-5-14(24-2)9-17(15)25-3)21-18(23)22-16-7-4-13(19)8-12(16)10-20/h4-9,11H,1-3H3,(H2,21,22,23). The molecule has 2 aromatic rings. The summed E-state index contributed by atoms with van der Waals surface area (Å²) in [5.74, 6) is 0.674. The second-order valence-corrected chi connectivity index (χ2v) is 5.23. The van der Waals surface area contributed by atoms with Crippen molar-refractivity contribution in [2.24, 2.45) is 0 Å². The van der Waals surface area contributed by atoms with Gasteiger partial charge < -0.3 is 20.1 Å². The molecule has 0 saturated heterocycles. The van der Waals surface area contributed by atoms with Crippen LogP contribution in [0, 0.1) is 17.1 Å². The third-order valence-corrected chi connectivity index (χ3v) is 3.61. The molecule has 1 atom stereocenters. The fourth-order valence-corrected chi connectivity index (χ4v) is 2.33. The molecule has 0 radical (unpaired) electrons. The topological polar surface area (TPSA) is 83.4 Å². The van der Waals surface area contributed by atoms with E-state index in [0.29, 0.717) is 11.5 Å². The Bertz CT molecular complexity index is 818. The molecule has 0 heterocycles. The molecule has 2 amide bonds. The molecule has 6 nitrogen and oxygen atoms in total. The number of halogens is 1. The zero-order valence-corrected chi connectivity index (χ0v) is 14.1. The van der Waals surface area contributed by atoms with Crippen molar-refractivity contribution >= 4 is 11.7 Å². The maximum atomic E-state index is 13.1. The molecule has 0 aliphatic rings. The van der Waals surface area contributed by atoms with Gasteiger partial charge in [-0.15, -0.1) is 0 Å². The summed E-state index contributed by atoms with van der Waals surface area (Å²) in [5.41, 5.74) is 1.04. The molecule has 0 aliphatic heterocycles. The van der Waals surface area contributed by atoms with Crippen LogP contribution in [0.1, 0.15) is 24.1 Å². The molecule has 1 unspecified atom stereocenters. The minimum Gasteiger partial charge on any atom is -0.497 e. The van der Waals surface area contributed by atoms with Crippen LogP contribution in [0.5, 0.6) is 11.5 Å². The van der Waals surface area contributed by atoms with Crippen LogP contribution >= 0.6 is 0 Å². The third kappa shape index (κ3) is 4.38. The van der Waals surface area contributed by atoms with Crippen molar-refractivity contribution in [2.75, 3.05) is 19.5 Å². The summed E-state index contributed by atoms with van der Waals surface area (Å²) in [5, 5.41) is 14.3. The predicted octanol–water partition coefficient (Wildman–Crippen LogP) is 3.60. The molecule has 0 spiro atoms. The Kier molecular flexibility index (Phi) is 5.79. The van der Waals surface area contributed by atoms with Crippen molar-refractivity contribution in [1.82, 2.24) is 5.32 Å². The van der Waals surface area contributed by atoms with Crippen molar-refractivity contribution in [1.29, 1.82) is 5.26 Å². The van der Waals surface area contributed by atoms with Crippen molar-refractivity contribution in [3.63, 3.8) is 0 Å². The number of amides is 2. The Labute approximate surface area is 145 Å². The van der Waals surface area contributed by atoms with E-state index in [9.17, 15) is 9.18 Å². The van der Waals surface area contributed by atoms with E-state index in [1.165, 1.54) is 19.2 Å². The fourth-order valence-electron chi connectivity index (χ4n) is 2.33. The lowest BCUT2D eigenvalue weighted by Gasteiger charge is -2.18. The Hall–Kier alpha value is -3.27. The summed E-state index contributed by atoms with van der Waals surface area (Å²) in [6.45, 7) is 1.79. The first-order valence-electron chi connectivity index (χ1n) is 7.47. The number of hydrogen-bond donors (Lipinski definition) is 2. The number of ether oxygens (including phenoxy) is 2. The van der Waals surface area contributed by atoms with Gasteiger partial charge in [0.15, 0.2) is 0 Å². The summed E-state index contributed by atoms with van der Waals surface area (Å²) in [6, 6.07) is 9.81. The average molecular weight is 343 g/mol. The zero-order chi connectivity index (χ0) is 18.4. The van der Waals surface area contributed by atoms with Crippen molar-refractivity contribution in [3.8, 4) is 17.6 Å². The highest BCUT2D eigenvalue weighted by Gasteiger charge is 2.16. The molecule has 2 aromatic carbocycles. The van der Waals surface area contributed by atoms with Crippen LogP contribution in [0.25, 0.3) is 0 Å². The van der Waals surface area contributed by atoms with E-state index in [2.05, 4.69) is 10.6 Å². The molecule has 0 aromatic heterocycles. The van der Waals surface area contributed by atoms with Gasteiger partial charge in [0, 0.05) is 11.6 Å². The van der Waals surface area contributed by atoms with Gasteiger partial charge in [-0.1, -0.05) is 0 Å². The highest BCUT2D eigenvalue weighted by Crippen LogP contribution is 2.29. The van der Waals surface area contributed by atoms with E-state index >= 15 is 0 Å². The number of benzene rings is 2. The van der Waals surface area contributed by atoms with Gasteiger partial charge in [-0.25, -0.2) is 9.18 Å². The van der Waals surface area contributed by atoms with E-state index in [1.807, 2.05) is 6.07 Å². The number of nitrogens with zero attached hydrogens (tertiary/aromatic N) is 1. The van der Waals surface area contributed by atoms with E-state index in [1.54, 1.807) is 32.2 Å². The van der Waals surface area contributed by atoms with E-state index in [-0.39, 0.29) is 17.3 Å². The minimum atomic E-state index is -0.543. The second kappa shape index (κ2) is 8.02. The van der Waals surface area contributed by atoms with Gasteiger partial charge in [-0.2, -0.15) is 5.26 Å². The summed E-state index contributed by atoms with van der Waals surface area (Å²) in [4.78, 5) is 12.2. The first-order valence-corrected chi connectivity index (χ1v) is 7.47. The minimum absolute atomic E-state index is 0.0461. The van der Waals surface area contributed by atoms with Crippen molar-refractivity contribution in [2.45, 2.75) is 13.0 Å². The molecule has 130 valence electrons. The Morgan fingerprint density at radius 3 is 2.60 bits per heavy atom. The molecular formula is C18H18FN3O3. The number of methoxy groups -OCH3 is 2. The number of nitriles is 1. The van der Waals surface area contributed by atoms with E-state index in [4.69, 9.17) is 14.7 Å². The lowest BCUT2D eigenvalue weighted by molar-refractivity contribution is 0.249. The number of rotatable bonds is 5. The summed E-state index contributed by atoms with van der Waals surface area (Å²) < 4.78 is 23.6. The highest BCUT2D eigenvalue weighted by molar-refractivity contribution is 5.91. The first-order chi connectivity index (χ1) is 12.0. The van der Waals surface area contributed by atoms with E-state index < -0.39 is 11.8 Å². The highest BCUT2D eigenvalue weighted by atomic mass is 19.1. The lowest BCUT2D eigenvalue weighted by Crippen LogP contribution is -2.31. The first kappa shape index (κ1) is 18.1. The molecule has 25 heavy (non-hydrogen) atoms. The largest absolute Gasteiger partial charge is 0.497 e. The quantitative estimate of drug-likeness (QED) is 0.869. The van der Waals surface area contributed by atoms with Gasteiger partial charge in [-0.3, -0.25) is 0 Å². The van der Waals surface area contributed by atoms with Gasteiger partial charge in [0.1, 0.15) is 23.4 Å². The number of carbonyl (C=O) groups excluding carboxylic acids is 1. The number of anilines is 1. The molecule has 0 bridgehead atoms. The predicted molar refractivity (Wildman–Crippen MR) is 91.2 cm³/mol. The van der Waals surface area contributed by atoms with Crippen LogP contribution in [0.4, 0.5) is 14.9 Å². The van der Waals surface area contributed by atoms with Crippen LogP contribution in [0.2, 0.25) is 0 Å². The Balaban J connectivity index is 2.12. The maximum absolute atomic E-state index is 13.1. The van der Waals surface area contributed by atoms with Gasteiger partial charge >= 0.3 is 6.03 Å². The summed E-state index contributed by atoms with van der Waals surface area (Å²) in [6.07, 6.45) is 0. The number of urea groups is 1. The second-order valence-electron chi connectivity index (χ2n) is 5.23. The van der Waals surface area contributed by atoms with Crippen LogP contribution < -0.4 is 20.1 Å². The van der Waals surface area contributed by atoms with Gasteiger partial charge in [0.05, 0.1) is 31.5 Å². The zero-order valence-electron chi connectivity index (χ0n) is 14.1.